The molecule has 1 aliphatic rings. The maximum absolute atomic E-state index is 4.74. The van der Waals surface area contributed by atoms with E-state index in [1.807, 2.05) is 0 Å². The Labute approximate surface area is 129 Å². The van der Waals surface area contributed by atoms with Crippen LogP contribution in [0.3, 0.4) is 0 Å². The molecule has 3 atom stereocenters. The highest BCUT2D eigenvalue weighted by Gasteiger charge is 2.24. The minimum Gasteiger partial charge on any atom is -0.314 e. The van der Waals surface area contributed by atoms with Gasteiger partial charge in [-0.25, -0.2) is 0 Å². The smallest absolute Gasteiger partial charge is 0.0764 e. The summed E-state index contributed by atoms with van der Waals surface area (Å²) in [6, 6.07) is 3.31. The van der Waals surface area contributed by atoms with E-state index in [-0.39, 0.29) is 0 Å². The monoisotopic (exact) mass is 292 g/mol. The molecule has 0 spiro atoms. The van der Waals surface area contributed by atoms with Crippen molar-refractivity contribution in [3.05, 3.63) is 18.0 Å². The fourth-order valence-electron chi connectivity index (χ4n) is 3.26. The summed E-state index contributed by atoms with van der Waals surface area (Å²) >= 11 is 0. The molecule has 1 fully saturated rings. The van der Waals surface area contributed by atoms with Crippen LogP contribution in [0.5, 0.6) is 0 Å². The average molecular weight is 292 g/mol. The largest absolute Gasteiger partial charge is 0.314 e. The van der Waals surface area contributed by atoms with Crippen LogP contribution in [0.4, 0.5) is 0 Å². The molecule has 0 radical (unpaired) electrons. The normalized spacial score (nSPS) is 23.1. The lowest BCUT2D eigenvalue weighted by atomic mass is 9.91. The lowest BCUT2D eigenvalue weighted by molar-refractivity contribution is 0.143. The van der Waals surface area contributed by atoms with Crippen LogP contribution < -0.4 is 5.32 Å². The molecule has 2 rings (SSSR count). The van der Waals surface area contributed by atoms with Crippen molar-refractivity contribution >= 4 is 0 Å². The predicted molar refractivity (Wildman–Crippen MR) is 88.4 cm³/mol. The maximum Gasteiger partial charge on any atom is 0.0764 e. The number of hydrogen-bond acceptors (Lipinski definition) is 3. The van der Waals surface area contributed by atoms with Gasteiger partial charge in [0, 0.05) is 31.4 Å². The summed E-state index contributed by atoms with van der Waals surface area (Å²) in [5, 5.41) is 8.32. The zero-order chi connectivity index (χ0) is 15.2. The second kappa shape index (κ2) is 7.95. The zero-order valence-corrected chi connectivity index (χ0v) is 14.2. The van der Waals surface area contributed by atoms with Gasteiger partial charge in [-0.3, -0.25) is 9.58 Å². The number of rotatable bonds is 7. The molecular weight excluding hydrogens is 260 g/mol. The fourth-order valence-corrected chi connectivity index (χ4v) is 3.26. The van der Waals surface area contributed by atoms with Crippen molar-refractivity contribution in [1.29, 1.82) is 0 Å². The van der Waals surface area contributed by atoms with Crippen LogP contribution in [-0.4, -0.2) is 40.4 Å². The van der Waals surface area contributed by atoms with Gasteiger partial charge >= 0.3 is 0 Å². The zero-order valence-electron chi connectivity index (χ0n) is 14.2. The molecule has 2 heterocycles. The quantitative estimate of drug-likeness (QED) is 0.838. The first-order valence-electron chi connectivity index (χ1n) is 8.63. The van der Waals surface area contributed by atoms with Gasteiger partial charge in [0.1, 0.15) is 0 Å². The van der Waals surface area contributed by atoms with E-state index in [1.165, 1.54) is 31.6 Å². The molecule has 3 unspecified atom stereocenters. The summed E-state index contributed by atoms with van der Waals surface area (Å²) in [5.74, 6) is 0.773. The Balaban J connectivity index is 1.88. The van der Waals surface area contributed by atoms with Crippen molar-refractivity contribution < 1.29 is 0 Å². The number of nitrogens with zero attached hydrogens (tertiary/aromatic N) is 3. The van der Waals surface area contributed by atoms with Crippen molar-refractivity contribution in [3.63, 3.8) is 0 Å². The molecule has 1 saturated heterocycles. The van der Waals surface area contributed by atoms with Crippen molar-refractivity contribution in [2.45, 2.75) is 65.6 Å². The summed E-state index contributed by atoms with van der Waals surface area (Å²) in [7, 11) is 0. The lowest BCUT2D eigenvalue weighted by Crippen LogP contribution is -2.44. The maximum atomic E-state index is 4.74. The standard InChI is InChI=1S/C17H32N4/c1-5-14(3)21-11-9-17(19-21)13-20-10-7-8-16(12-20)15(4)18-6-2/h9,11,14-16,18H,5-8,10,12-13H2,1-4H3. The van der Waals surface area contributed by atoms with Crippen molar-refractivity contribution in [3.8, 4) is 0 Å². The molecule has 0 aromatic carbocycles. The van der Waals surface area contributed by atoms with E-state index in [2.05, 4.69) is 54.9 Å². The van der Waals surface area contributed by atoms with E-state index in [1.54, 1.807) is 0 Å². The third-order valence-electron chi connectivity index (χ3n) is 4.87. The molecule has 120 valence electrons. The van der Waals surface area contributed by atoms with E-state index >= 15 is 0 Å². The van der Waals surface area contributed by atoms with E-state index in [0.717, 1.165) is 25.4 Å². The minimum atomic E-state index is 0.502. The molecule has 0 bridgehead atoms. The Morgan fingerprint density at radius 2 is 2.19 bits per heavy atom. The highest BCUT2D eigenvalue weighted by atomic mass is 15.3. The Hall–Kier alpha value is -0.870. The number of piperidine rings is 1. The second-order valence-corrected chi connectivity index (χ2v) is 6.53. The second-order valence-electron chi connectivity index (χ2n) is 6.53. The van der Waals surface area contributed by atoms with Crippen LogP contribution in [0.15, 0.2) is 12.3 Å². The van der Waals surface area contributed by atoms with Gasteiger partial charge in [0.25, 0.3) is 0 Å². The van der Waals surface area contributed by atoms with Crippen LogP contribution in [0.1, 0.15) is 58.7 Å². The van der Waals surface area contributed by atoms with Crippen molar-refractivity contribution in [2.24, 2.45) is 5.92 Å². The van der Waals surface area contributed by atoms with E-state index in [9.17, 15) is 0 Å². The Kier molecular flexibility index (Phi) is 6.24. The Bertz CT molecular complexity index is 415. The fraction of sp³-hybridized carbons (Fsp3) is 0.824. The molecule has 21 heavy (non-hydrogen) atoms. The number of likely N-dealkylation sites (tertiary alicyclic amines) is 1. The van der Waals surface area contributed by atoms with Gasteiger partial charge in [0.05, 0.1) is 5.69 Å². The van der Waals surface area contributed by atoms with E-state index in [4.69, 9.17) is 5.10 Å². The summed E-state index contributed by atoms with van der Waals surface area (Å²) in [6.45, 7) is 13.4. The van der Waals surface area contributed by atoms with E-state index in [0.29, 0.717) is 12.1 Å². The Morgan fingerprint density at radius 1 is 1.38 bits per heavy atom. The molecule has 1 aromatic rings. The molecule has 4 heteroatoms. The first kappa shape index (κ1) is 16.5. The van der Waals surface area contributed by atoms with Crippen LogP contribution in [0.2, 0.25) is 0 Å². The van der Waals surface area contributed by atoms with Gasteiger partial charge in [-0.1, -0.05) is 13.8 Å². The number of aromatic nitrogens is 2. The first-order chi connectivity index (χ1) is 10.1. The topological polar surface area (TPSA) is 33.1 Å². The summed E-state index contributed by atoms with van der Waals surface area (Å²) in [4.78, 5) is 2.57. The van der Waals surface area contributed by atoms with Crippen LogP contribution in [0.25, 0.3) is 0 Å². The summed E-state index contributed by atoms with van der Waals surface area (Å²) < 4.78 is 2.11. The van der Waals surface area contributed by atoms with Gasteiger partial charge in [-0.05, 0) is 58.2 Å². The number of hydrogen-bond donors (Lipinski definition) is 1. The molecule has 1 N–H and O–H groups in total. The molecule has 4 nitrogen and oxygen atoms in total. The SMILES string of the molecule is CCNC(C)C1CCCN(Cc2ccn(C(C)CC)n2)C1. The molecular formula is C17H32N4. The van der Waals surface area contributed by atoms with Crippen LogP contribution in [0, 0.1) is 5.92 Å². The molecule has 1 aliphatic heterocycles. The molecule has 0 saturated carbocycles. The summed E-state index contributed by atoms with van der Waals surface area (Å²) in [5.41, 5.74) is 1.21. The average Bonchev–Trinajstić information content (AvgIpc) is 2.95. The summed E-state index contributed by atoms with van der Waals surface area (Å²) in [6.07, 6.45) is 5.93. The van der Waals surface area contributed by atoms with Crippen LogP contribution >= 0.6 is 0 Å². The van der Waals surface area contributed by atoms with E-state index < -0.39 is 0 Å². The highest BCUT2D eigenvalue weighted by molar-refractivity contribution is 5.00. The third kappa shape index (κ3) is 4.55. The minimum absolute atomic E-state index is 0.502. The number of nitrogens with one attached hydrogen (secondary N) is 1. The highest BCUT2D eigenvalue weighted by Crippen LogP contribution is 2.21. The first-order valence-corrected chi connectivity index (χ1v) is 8.63. The van der Waals surface area contributed by atoms with Gasteiger partial charge in [0.2, 0.25) is 0 Å². The van der Waals surface area contributed by atoms with Crippen molar-refractivity contribution in [2.75, 3.05) is 19.6 Å². The van der Waals surface area contributed by atoms with Crippen molar-refractivity contribution in [1.82, 2.24) is 20.0 Å². The molecule has 0 aliphatic carbocycles. The van der Waals surface area contributed by atoms with Gasteiger partial charge in [-0.2, -0.15) is 5.10 Å². The molecule has 1 aromatic heterocycles. The Morgan fingerprint density at radius 3 is 2.90 bits per heavy atom. The van der Waals surface area contributed by atoms with Gasteiger partial charge in [0.15, 0.2) is 0 Å². The lowest BCUT2D eigenvalue weighted by Gasteiger charge is -2.35. The predicted octanol–water partition coefficient (Wildman–Crippen LogP) is 3.06. The van der Waals surface area contributed by atoms with Gasteiger partial charge < -0.3 is 5.32 Å². The molecule has 0 amide bonds. The van der Waals surface area contributed by atoms with Crippen LogP contribution in [-0.2, 0) is 6.54 Å². The third-order valence-corrected chi connectivity index (χ3v) is 4.87. The van der Waals surface area contributed by atoms with Gasteiger partial charge in [-0.15, -0.1) is 0 Å².